The molecule has 0 saturated heterocycles. The maximum Gasteiger partial charge on any atom is 0.524 e. The number of benzene rings is 2. The van der Waals surface area contributed by atoms with Gasteiger partial charge in [0.1, 0.15) is 5.75 Å². The quantitative estimate of drug-likeness (QED) is 0.0849. The van der Waals surface area contributed by atoms with Crippen LogP contribution in [-0.4, -0.2) is 50.2 Å². The van der Waals surface area contributed by atoms with Crippen LogP contribution in [0.5, 0.6) is 5.75 Å². The maximum absolute atomic E-state index is 13.6. The van der Waals surface area contributed by atoms with Crippen molar-refractivity contribution in [3.05, 3.63) is 89.7 Å². The van der Waals surface area contributed by atoms with Gasteiger partial charge in [0, 0.05) is 22.3 Å². The minimum absolute atomic E-state index is 0.0139. The predicted molar refractivity (Wildman–Crippen MR) is 179 cm³/mol. The van der Waals surface area contributed by atoms with Crippen LogP contribution in [0.15, 0.2) is 72.9 Å². The first-order valence-electron chi connectivity index (χ1n) is 14.4. The Morgan fingerprint density at radius 2 is 1.45 bits per heavy atom. The number of aromatic nitrogens is 1. The normalized spacial score (nSPS) is 12.7. The van der Waals surface area contributed by atoms with E-state index in [1.165, 1.54) is 12.1 Å². The van der Waals surface area contributed by atoms with E-state index >= 15 is 0 Å². The van der Waals surface area contributed by atoms with Gasteiger partial charge in [0.25, 0.3) is 0 Å². The molecule has 238 valence electrons. The molecular formula is C31H43N2O8PSi2. The van der Waals surface area contributed by atoms with Gasteiger partial charge in [0.15, 0.2) is 0 Å². The van der Waals surface area contributed by atoms with Gasteiger partial charge in [-0.05, 0) is 48.0 Å². The van der Waals surface area contributed by atoms with Crippen molar-refractivity contribution in [2.75, 3.05) is 18.5 Å². The molecule has 3 N–H and O–H groups in total. The third-order valence-corrected chi connectivity index (χ3v) is 10.1. The fourth-order valence-electron chi connectivity index (χ4n) is 3.87. The Morgan fingerprint density at radius 3 is 2.05 bits per heavy atom. The van der Waals surface area contributed by atoms with Crippen molar-refractivity contribution < 1.29 is 37.9 Å². The molecule has 0 spiro atoms. The molecule has 1 aromatic heterocycles. The molecule has 0 aliphatic heterocycles. The molecule has 3 rings (SSSR count). The Labute approximate surface area is 261 Å². The van der Waals surface area contributed by atoms with Gasteiger partial charge in [-0.2, -0.15) is 0 Å². The summed E-state index contributed by atoms with van der Waals surface area (Å²) in [6.07, 6.45) is 4.34. The van der Waals surface area contributed by atoms with Crippen LogP contribution in [0.1, 0.15) is 16.8 Å². The third-order valence-electron chi connectivity index (χ3n) is 6.26. The van der Waals surface area contributed by atoms with E-state index in [4.69, 9.17) is 18.7 Å². The number of pyridine rings is 1. The van der Waals surface area contributed by atoms with Gasteiger partial charge < -0.3 is 18.7 Å². The maximum atomic E-state index is 13.6. The van der Waals surface area contributed by atoms with Gasteiger partial charge in [-0.1, -0.05) is 87.8 Å². The third kappa shape index (κ3) is 12.1. The lowest BCUT2D eigenvalue weighted by molar-refractivity contribution is -0.364. The van der Waals surface area contributed by atoms with Crippen molar-refractivity contribution in [1.82, 2.24) is 4.98 Å². The minimum Gasteiger partial charge on any atom is -0.404 e. The summed E-state index contributed by atoms with van der Waals surface area (Å²) >= 11 is 0. The Morgan fingerprint density at radius 1 is 0.864 bits per heavy atom. The van der Waals surface area contributed by atoms with Crippen LogP contribution in [-0.2, 0) is 24.7 Å². The summed E-state index contributed by atoms with van der Waals surface area (Å²) in [6.45, 7) is 13.4. The zero-order chi connectivity index (χ0) is 32.4. The van der Waals surface area contributed by atoms with E-state index in [2.05, 4.69) is 49.6 Å². The lowest BCUT2D eigenvalue weighted by atomic mass is 10.1. The van der Waals surface area contributed by atoms with E-state index in [0.29, 0.717) is 23.5 Å². The van der Waals surface area contributed by atoms with E-state index < -0.39 is 36.0 Å². The van der Waals surface area contributed by atoms with Crippen molar-refractivity contribution in [1.29, 1.82) is 0 Å². The van der Waals surface area contributed by atoms with Crippen molar-refractivity contribution >= 4 is 47.9 Å². The smallest absolute Gasteiger partial charge is 0.404 e. The van der Waals surface area contributed by atoms with Gasteiger partial charge in [-0.3, -0.25) is 20.1 Å². The molecule has 1 amide bonds. The molecule has 44 heavy (non-hydrogen) atoms. The van der Waals surface area contributed by atoms with Crippen molar-refractivity contribution in [2.45, 2.75) is 57.3 Å². The molecule has 10 nitrogen and oxygen atoms in total. The Bertz CT molecular complexity index is 1430. The van der Waals surface area contributed by atoms with E-state index in [0.717, 1.165) is 5.56 Å². The second-order valence-corrected chi connectivity index (χ2v) is 25.1. The van der Waals surface area contributed by atoms with E-state index in [-0.39, 0.29) is 24.5 Å². The van der Waals surface area contributed by atoms with Gasteiger partial charge in [-0.25, -0.2) is 9.36 Å². The first-order chi connectivity index (χ1) is 20.6. The minimum atomic E-state index is -4.99. The number of nitrogens with zero attached hydrogens (tertiary/aromatic N) is 1. The highest BCUT2D eigenvalue weighted by Gasteiger charge is 2.44. The standard InChI is InChI=1S/C31H43N2O8PSi2/c1-43(2,3)23-21-38-31(39-22-24-44(4,5)6,26-15-10-11-17-29(26)41-42(35,36)37)40-30(34)33-28-16-12-20-32-27(28)19-18-25-13-8-7-9-14-25/h7-20H,21-24H2,1-6H3,(H,33,34)(H2,35,36,37). The largest absolute Gasteiger partial charge is 0.524 e. The number of ether oxygens (including phenoxy) is 3. The van der Waals surface area contributed by atoms with Crippen molar-refractivity contribution in [3.8, 4) is 5.75 Å². The molecular weight excluding hydrogens is 615 g/mol. The number of carbonyl (C=O) groups is 1. The predicted octanol–water partition coefficient (Wildman–Crippen LogP) is 7.79. The Balaban J connectivity index is 2.01. The highest BCUT2D eigenvalue weighted by atomic mass is 31.2. The number of rotatable bonds is 15. The highest BCUT2D eigenvalue weighted by molar-refractivity contribution is 7.46. The number of phosphoric ester groups is 1. The molecule has 0 aliphatic rings. The number of hydrogen-bond acceptors (Lipinski definition) is 7. The number of hydrogen-bond donors (Lipinski definition) is 3. The van der Waals surface area contributed by atoms with Crippen LogP contribution >= 0.6 is 7.82 Å². The van der Waals surface area contributed by atoms with Crippen LogP contribution in [0.2, 0.25) is 51.4 Å². The van der Waals surface area contributed by atoms with E-state index in [1.54, 1.807) is 36.5 Å². The van der Waals surface area contributed by atoms with Crippen molar-refractivity contribution in [3.63, 3.8) is 0 Å². The molecule has 0 bridgehead atoms. The summed E-state index contributed by atoms with van der Waals surface area (Å²) in [4.78, 5) is 37.3. The second kappa shape index (κ2) is 15.3. The summed E-state index contributed by atoms with van der Waals surface area (Å²) in [5.41, 5.74) is 1.84. The number of carbonyl (C=O) groups excluding carboxylic acids is 1. The second-order valence-electron chi connectivity index (χ2n) is 12.6. The van der Waals surface area contributed by atoms with Gasteiger partial charge >= 0.3 is 19.9 Å². The van der Waals surface area contributed by atoms with Crippen LogP contribution in [0.4, 0.5) is 10.5 Å². The topological polar surface area (TPSA) is 136 Å². The molecule has 0 aliphatic carbocycles. The highest BCUT2D eigenvalue weighted by Crippen LogP contribution is 2.44. The summed E-state index contributed by atoms with van der Waals surface area (Å²) < 4.78 is 35.5. The summed E-state index contributed by atoms with van der Waals surface area (Å²) in [5, 5.41) is 2.74. The summed E-state index contributed by atoms with van der Waals surface area (Å²) in [6, 6.07) is 20.5. The number of amides is 1. The molecule has 2 aromatic carbocycles. The van der Waals surface area contributed by atoms with Gasteiger partial charge in [0.05, 0.1) is 30.2 Å². The Hall–Kier alpha value is -3.10. The number of anilines is 1. The Kier molecular flexibility index (Phi) is 12.3. The fraction of sp³-hybridized carbons (Fsp3) is 0.355. The molecule has 1 heterocycles. The van der Waals surface area contributed by atoms with Crippen LogP contribution in [0, 0.1) is 0 Å². The number of phosphoric acid groups is 1. The van der Waals surface area contributed by atoms with Crippen LogP contribution in [0.25, 0.3) is 12.2 Å². The molecule has 0 saturated carbocycles. The first-order valence-corrected chi connectivity index (χ1v) is 23.3. The zero-order valence-electron chi connectivity index (χ0n) is 26.1. The van der Waals surface area contributed by atoms with Crippen molar-refractivity contribution in [2.24, 2.45) is 0 Å². The summed E-state index contributed by atoms with van der Waals surface area (Å²) in [5.74, 6) is -2.40. The van der Waals surface area contributed by atoms with Gasteiger partial charge in [-0.15, -0.1) is 0 Å². The molecule has 0 unspecified atom stereocenters. The monoisotopic (exact) mass is 658 g/mol. The summed E-state index contributed by atoms with van der Waals surface area (Å²) in [7, 11) is -8.22. The first kappa shape index (κ1) is 35.4. The van der Waals surface area contributed by atoms with Crippen LogP contribution in [0.3, 0.4) is 0 Å². The lowest BCUT2D eigenvalue weighted by Gasteiger charge is -2.35. The number of para-hydroxylation sites is 1. The van der Waals surface area contributed by atoms with Crippen LogP contribution < -0.4 is 9.84 Å². The molecule has 3 aromatic rings. The fourth-order valence-corrected chi connectivity index (χ4v) is 5.72. The van der Waals surface area contributed by atoms with E-state index in [9.17, 15) is 19.1 Å². The average molecular weight is 659 g/mol. The van der Waals surface area contributed by atoms with E-state index in [1.807, 2.05) is 36.4 Å². The lowest BCUT2D eigenvalue weighted by Crippen LogP contribution is -2.42. The SMILES string of the molecule is C[Si](C)(C)CCOC(OCC[Si](C)(C)C)(OC(=O)Nc1cccnc1C=Cc1ccccc1)c1ccccc1OP(=O)(O)O. The average Bonchev–Trinajstić information content (AvgIpc) is 2.91. The molecule has 0 radical (unpaired) electrons. The number of nitrogens with one attached hydrogen (secondary N) is 1. The molecule has 13 heteroatoms. The van der Waals surface area contributed by atoms with Gasteiger partial charge in [0.2, 0.25) is 0 Å². The molecule has 0 fully saturated rings. The zero-order valence-corrected chi connectivity index (χ0v) is 29.0. The molecule has 0 atom stereocenters.